The molecule has 0 aliphatic rings. The molecule has 0 fully saturated rings. The third-order valence-electron chi connectivity index (χ3n) is 4.46. The van der Waals surface area contributed by atoms with Crippen LogP contribution in [0, 0.1) is 6.92 Å². The predicted molar refractivity (Wildman–Crippen MR) is 107 cm³/mol. The summed E-state index contributed by atoms with van der Waals surface area (Å²) in [5.74, 6) is -0.479. The van der Waals surface area contributed by atoms with E-state index in [9.17, 15) is 14.4 Å². The number of carbonyl (C=O) groups is 3. The molecular weight excluding hydrogens is 388 g/mol. The zero-order valence-electron chi connectivity index (χ0n) is 16.6. The smallest absolute Gasteiger partial charge is 0.341 e. The third-order valence-corrected chi connectivity index (χ3v) is 4.46. The van der Waals surface area contributed by atoms with Crippen LogP contribution in [0.15, 0.2) is 63.6 Å². The summed E-state index contributed by atoms with van der Waals surface area (Å²) in [7, 11) is 1.28. The lowest BCUT2D eigenvalue weighted by molar-refractivity contribution is -0.123. The highest BCUT2D eigenvalue weighted by atomic mass is 16.5. The third kappa shape index (κ3) is 5.16. The van der Waals surface area contributed by atoms with Crippen LogP contribution in [0.3, 0.4) is 0 Å². The van der Waals surface area contributed by atoms with Crippen LogP contribution in [0.1, 0.15) is 38.0 Å². The van der Waals surface area contributed by atoms with Gasteiger partial charge in [0, 0.05) is 6.42 Å². The number of ether oxygens (including phenoxy) is 1. The van der Waals surface area contributed by atoms with Gasteiger partial charge in [0.25, 0.3) is 5.91 Å². The molecule has 156 valence electrons. The van der Waals surface area contributed by atoms with E-state index >= 15 is 0 Å². The standard InChI is InChI=1S/C22H22N2O6/c1-14-17(22(27)28-2)12-16(30-14)13-23-20(25)18(11-15-7-4-3-5-8-15)24-21(26)19-9-6-10-29-19/h3-10,12,18H,11,13H2,1-2H3,(H,23,25)(H,24,26). The van der Waals surface area contributed by atoms with Crippen LogP contribution >= 0.6 is 0 Å². The molecule has 0 saturated carbocycles. The van der Waals surface area contributed by atoms with Crippen molar-refractivity contribution in [1.29, 1.82) is 0 Å². The Morgan fingerprint density at radius 2 is 1.87 bits per heavy atom. The summed E-state index contributed by atoms with van der Waals surface area (Å²) in [5, 5.41) is 5.44. The fraction of sp³-hybridized carbons (Fsp3) is 0.227. The largest absolute Gasteiger partial charge is 0.465 e. The molecule has 2 amide bonds. The zero-order valence-corrected chi connectivity index (χ0v) is 16.6. The molecule has 8 nitrogen and oxygen atoms in total. The molecule has 30 heavy (non-hydrogen) atoms. The van der Waals surface area contributed by atoms with Crippen molar-refractivity contribution in [3.63, 3.8) is 0 Å². The number of aryl methyl sites for hydroxylation is 1. The lowest BCUT2D eigenvalue weighted by Crippen LogP contribution is -2.47. The number of nitrogens with one attached hydrogen (secondary N) is 2. The number of hydrogen-bond donors (Lipinski definition) is 2. The van der Waals surface area contributed by atoms with Gasteiger partial charge in [-0.25, -0.2) is 4.79 Å². The van der Waals surface area contributed by atoms with E-state index in [4.69, 9.17) is 13.6 Å². The minimum Gasteiger partial charge on any atom is -0.465 e. The number of furan rings is 2. The second-order valence-electron chi connectivity index (χ2n) is 6.59. The van der Waals surface area contributed by atoms with Gasteiger partial charge in [-0.15, -0.1) is 0 Å². The molecule has 0 spiro atoms. The van der Waals surface area contributed by atoms with Gasteiger partial charge < -0.3 is 24.2 Å². The first-order chi connectivity index (χ1) is 14.5. The zero-order chi connectivity index (χ0) is 21.5. The van der Waals surface area contributed by atoms with Crippen LogP contribution in [0.2, 0.25) is 0 Å². The Balaban J connectivity index is 1.69. The molecule has 1 aromatic carbocycles. The molecule has 8 heteroatoms. The fourth-order valence-corrected chi connectivity index (χ4v) is 2.94. The summed E-state index contributed by atoms with van der Waals surface area (Å²) in [6, 6.07) is 13.1. The van der Waals surface area contributed by atoms with Gasteiger partial charge >= 0.3 is 5.97 Å². The van der Waals surface area contributed by atoms with Crippen LogP contribution in [-0.4, -0.2) is 30.9 Å². The maximum atomic E-state index is 12.8. The van der Waals surface area contributed by atoms with Gasteiger partial charge in [-0.1, -0.05) is 30.3 Å². The number of esters is 1. The van der Waals surface area contributed by atoms with Gasteiger partial charge in [0.2, 0.25) is 5.91 Å². The summed E-state index contributed by atoms with van der Waals surface area (Å²) in [6.07, 6.45) is 1.68. The van der Waals surface area contributed by atoms with Crippen LogP contribution in [-0.2, 0) is 22.5 Å². The maximum Gasteiger partial charge on any atom is 0.341 e. The van der Waals surface area contributed by atoms with Gasteiger partial charge in [-0.3, -0.25) is 9.59 Å². The van der Waals surface area contributed by atoms with E-state index in [2.05, 4.69) is 10.6 Å². The molecule has 2 N–H and O–H groups in total. The minimum absolute atomic E-state index is 0.0541. The van der Waals surface area contributed by atoms with E-state index in [1.54, 1.807) is 13.0 Å². The normalized spacial score (nSPS) is 11.5. The Labute approximate surface area is 173 Å². The van der Waals surface area contributed by atoms with Crippen LogP contribution in [0.25, 0.3) is 0 Å². The van der Waals surface area contributed by atoms with Crippen LogP contribution < -0.4 is 10.6 Å². The molecule has 1 unspecified atom stereocenters. The highest BCUT2D eigenvalue weighted by Gasteiger charge is 2.24. The number of hydrogen-bond acceptors (Lipinski definition) is 6. The SMILES string of the molecule is COC(=O)c1cc(CNC(=O)C(Cc2ccccc2)NC(=O)c2ccco2)oc1C. The highest BCUT2D eigenvalue weighted by Crippen LogP contribution is 2.15. The summed E-state index contributed by atoms with van der Waals surface area (Å²) in [6.45, 7) is 1.69. The van der Waals surface area contributed by atoms with Crippen molar-refractivity contribution < 1.29 is 28.0 Å². The number of methoxy groups -OCH3 is 1. The number of benzene rings is 1. The van der Waals surface area contributed by atoms with Gasteiger partial charge in [0.1, 0.15) is 23.1 Å². The molecule has 2 aromatic heterocycles. The van der Waals surface area contributed by atoms with Crippen molar-refractivity contribution >= 4 is 17.8 Å². The molecule has 0 aliphatic heterocycles. The second kappa shape index (κ2) is 9.60. The van der Waals surface area contributed by atoms with Crippen LogP contribution in [0.4, 0.5) is 0 Å². The minimum atomic E-state index is -0.832. The summed E-state index contributed by atoms with van der Waals surface area (Å²) < 4.78 is 15.3. The first-order valence-electron chi connectivity index (χ1n) is 9.31. The van der Waals surface area contributed by atoms with Gasteiger partial charge in [-0.2, -0.15) is 0 Å². The molecule has 3 aromatic rings. The lowest BCUT2D eigenvalue weighted by Gasteiger charge is -2.18. The molecular formula is C22H22N2O6. The van der Waals surface area contributed by atoms with Crippen molar-refractivity contribution in [3.8, 4) is 0 Å². The van der Waals surface area contributed by atoms with Gasteiger partial charge in [-0.05, 0) is 30.7 Å². The Morgan fingerprint density at radius 3 is 2.53 bits per heavy atom. The topological polar surface area (TPSA) is 111 Å². The number of rotatable bonds is 8. The Bertz CT molecular complexity index is 1010. The predicted octanol–water partition coefficient (Wildman–Crippen LogP) is 2.63. The molecule has 0 aliphatic carbocycles. The average Bonchev–Trinajstić information content (AvgIpc) is 3.41. The van der Waals surface area contributed by atoms with Crippen molar-refractivity contribution in [2.75, 3.05) is 7.11 Å². The molecule has 0 radical (unpaired) electrons. The van der Waals surface area contributed by atoms with Crippen molar-refractivity contribution in [2.45, 2.75) is 25.9 Å². The monoisotopic (exact) mass is 410 g/mol. The summed E-state index contributed by atoms with van der Waals surface area (Å²) >= 11 is 0. The van der Waals surface area contributed by atoms with E-state index in [1.165, 1.54) is 25.5 Å². The van der Waals surface area contributed by atoms with E-state index in [1.807, 2.05) is 30.3 Å². The molecule has 0 bridgehead atoms. The van der Waals surface area contributed by atoms with Gasteiger partial charge in [0.15, 0.2) is 5.76 Å². The molecule has 3 rings (SSSR count). The van der Waals surface area contributed by atoms with E-state index in [0.717, 1.165) is 5.56 Å². The number of amides is 2. The molecule has 0 saturated heterocycles. The molecule has 1 atom stereocenters. The Kier molecular flexibility index (Phi) is 6.69. The van der Waals surface area contributed by atoms with Crippen molar-refractivity contribution in [1.82, 2.24) is 10.6 Å². The second-order valence-corrected chi connectivity index (χ2v) is 6.59. The van der Waals surface area contributed by atoms with Gasteiger partial charge in [0.05, 0.1) is 19.9 Å². The van der Waals surface area contributed by atoms with Crippen LogP contribution in [0.5, 0.6) is 0 Å². The Morgan fingerprint density at radius 1 is 1.10 bits per heavy atom. The first kappa shape index (κ1) is 20.9. The summed E-state index contributed by atoms with van der Waals surface area (Å²) in [4.78, 5) is 36.9. The van der Waals surface area contributed by atoms with E-state index < -0.39 is 23.8 Å². The quantitative estimate of drug-likeness (QED) is 0.553. The number of carbonyl (C=O) groups excluding carboxylic acids is 3. The molecule has 2 heterocycles. The van der Waals surface area contributed by atoms with Crippen molar-refractivity contribution in [2.24, 2.45) is 0 Å². The van der Waals surface area contributed by atoms with Crippen molar-refractivity contribution in [3.05, 3.63) is 83.2 Å². The summed E-state index contributed by atoms with van der Waals surface area (Å²) in [5.41, 5.74) is 1.19. The Hall–Kier alpha value is -3.81. The lowest BCUT2D eigenvalue weighted by atomic mass is 10.0. The average molecular weight is 410 g/mol. The highest BCUT2D eigenvalue weighted by molar-refractivity contribution is 5.95. The maximum absolute atomic E-state index is 12.8. The van der Waals surface area contributed by atoms with E-state index in [0.29, 0.717) is 23.5 Å². The first-order valence-corrected chi connectivity index (χ1v) is 9.31. The van der Waals surface area contributed by atoms with E-state index in [-0.39, 0.29) is 12.3 Å². The fourth-order valence-electron chi connectivity index (χ4n) is 2.94.